The molecule has 0 aromatic rings. The molecule has 0 spiro atoms. The van der Waals surface area contributed by atoms with Crippen molar-refractivity contribution in [2.45, 2.75) is 50.5 Å². The van der Waals surface area contributed by atoms with Gasteiger partial charge in [0.25, 0.3) is 5.97 Å². The molecule has 2 fully saturated rings. The van der Waals surface area contributed by atoms with E-state index in [1.54, 1.807) is 20.1 Å². The van der Waals surface area contributed by atoms with E-state index in [-0.39, 0.29) is 24.4 Å². The van der Waals surface area contributed by atoms with Gasteiger partial charge in [-0.05, 0) is 6.92 Å². The zero-order valence-corrected chi connectivity index (χ0v) is 11.8. The average molecular weight is 274 g/mol. The van der Waals surface area contributed by atoms with Gasteiger partial charge in [0.2, 0.25) is 0 Å². The lowest BCUT2D eigenvalue weighted by molar-refractivity contribution is -0.333. The summed E-state index contributed by atoms with van der Waals surface area (Å²) in [5.74, 6) is -1.11. The van der Waals surface area contributed by atoms with Crippen LogP contribution in [0.25, 0.3) is 0 Å². The van der Waals surface area contributed by atoms with Crippen molar-refractivity contribution in [3.8, 4) is 0 Å². The monoisotopic (exact) mass is 274 g/mol. The Morgan fingerprint density at radius 2 is 2.00 bits per heavy atom. The molecule has 0 N–H and O–H groups in total. The minimum Gasteiger partial charge on any atom is -0.376 e. The molecule has 6 heteroatoms. The largest absolute Gasteiger partial charge is 0.376 e. The van der Waals surface area contributed by atoms with E-state index in [0.717, 1.165) is 0 Å². The Hall–Kier alpha value is -0.500. The highest BCUT2D eigenvalue weighted by atomic mass is 16.9. The van der Waals surface area contributed by atoms with Gasteiger partial charge in [-0.1, -0.05) is 6.08 Å². The third-order valence-electron chi connectivity index (χ3n) is 3.46. The maximum Gasteiger partial charge on any atom is 0.282 e. The predicted molar refractivity (Wildman–Crippen MR) is 66.4 cm³/mol. The summed E-state index contributed by atoms with van der Waals surface area (Å²) >= 11 is 0. The Labute approximate surface area is 113 Å². The Morgan fingerprint density at radius 3 is 2.58 bits per heavy atom. The first-order valence-corrected chi connectivity index (χ1v) is 6.36. The van der Waals surface area contributed by atoms with Crippen LogP contribution in [0.1, 0.15) is 13.8 Å². The number of hydrogen-bond acceptors (Lipinski definition) is 6. The van der Waals surface area contributed by atoms with Gasteiger partial charge in [-0.2, -0.15) is 0 Å². The molecule has 2 aliphatic rings. The Balaban J connectivity index is 2.13. The lowest BCUT2D eigenvalue weighted by Gasteiger charge is -2.40. The number of ether oxygens (including phenoxy) is 6. The van der Waals surface area contributed by atoms with Gasteiger partial charge in [0.15, 0.2) is 6.29 Å². The second-order valence-electron chi connectivity index (χ2n) is 4.76. The second-order valence-corrected chi connectivity index (χ2v) is 4.76. The quantitative estimate of drug-likeness (QED) is 0.699. The molecule has 0 saturated carbocycles. The van der Waals surface area contributed by atoms with Gasteiger partial charge in [0.05, 0.1) is 12.7 Å². The molecule has 2 rings (SSSR count). The molecule has 0 aromatic heterocycles. The maximum absolute atomic E-state index is 5.78. The van der Waals surface area contributed by atoms with Crippen LogP contribution < -0.4 is 0 Å². The predicted octanol–water partition coefficient (Wildman–Crippen LogP) is 1.05. The van der Waals surface area contributed by atoms with E-state index in [1.165, 1.54) is 7.11 Å². The normalized spacial score (nSPS) is 46.0. The molecule has 19 heavy (non-hydrogen) atoms. The summed E-state index contributed by atoms with van der Waals surface area (Å²) < 4.78 is 33.6. The summed E-state index contributed by atoms with van der Waals surface area (Å²) in [6.07, 6.45) is 0.0812. The first kappa shape index (κ1) is 14.9. The fourth-order valence-electron chi connectivity index (χ4n) is 2.45. The van der Waals surface area contributed by atoms with Crippen LogP contribution in [0.3, 0.4) is 0 Å². The Kier molecular flexibility index (Phi) is 4.60. The molecule has 0 unspecified atom stereocenters. The van der Waals surface area contributed by atoms with Crippen LogP contribution in [-0.2, 0) is 28.4 Å². The molecule has 110 valence electrons. The summed E-state index contributed by atoms with van der Waals surface area (Å²) in [5.41, 5.74) is 0. The molecule has 0 bridgehead atoms. The van der Waals surface area contributed by atoms with Gasteiger partial charge in [-0.15, -0.1) is 6.58 Å². The third-order valence-corrected chi connectivity index (χ3v) is 3.46. The molecule has 0 amide bonds. The molecule has 6 atom stereocenters. The van der Waals surface area contributed by atoms with Gasteiger partial charge in [0.1, 0.15) is 18.3 Å². The SMILES string of the molecule is C=CCO[C@@H]1[C@@H](OC)[C@H]2O[C@](C)(OC)O[C@H]2O[C@H]1C. The van der Waals surface area contributed by atoms with Crippen LogP contribution in [-0.4, -0.2) is 57.5 Å². The van der Waals surface area contributed by atoms with Crippen molar-refractivity contribution in [1.82, 2.24) is 0 Å². The maximum atomic E-state index is 5.78. The molecule has 0 radical (unpaired) electrons. The topological polar surface area (TPSA) is 55.4 Å². The van der Waals surface area contributed by atoms with Crippen molar-refractivity contribution < 1.29 is 28.4 Å². The fraction of sp³-hybridized carbons (Fsp3) is 0.846. The van der Waals surface area contributed by atoms with E-state index < -0.39 is 12.3 Å². The van der Waals surface area contributed by atoms with Crippen LogP contribution in [0.5, 0.6) is 0 Å². The molecule has 6 nitrogen and oxygen atoms in total. The Bertz CT molecular complexity index is 322. The highest BCUT2D eigenvalue weighted by molar-refractivity contribution is 4.94. The summed E-state index contributed by atoms with van der Waals surface area (Å²) in [6, 6.07) is 0. The minimum absolute atomic E-state index is 0.172. The van der Waals surface area contributed by atoms with Crippen molar-refractivity contribution in [3.05, 3.63) is 12.7 Å². The first-order chi connectivity index (χ1) is 9.04. The van der Waals surface area contributed by atoms with Crippen molar-refractivity contribution in [3.63, 3.8) is 0 Å². The van der Waals surface area contributed by atoms with Gasteiger partial charge in [-0.25, -0.2) is 0 Å². The molecular weight excluding hydrogens is 252 g/mol. The molecular formula is C13H22O6. The summed E-state index contributed by atoms with van der Waals surface area (Å²) in [5, 5.41) is 0. The van der Waals surface area contributed by atoms with Crippen LogP contribution in [0.4, 0.5) is 0 Å². The Morgan fingerprint density at radius 1 is 1.26 bits per heavy atom. The lowest BCUT2D eigenvalue weighted by Crippen LogP contribution is -2.57. The smallest absolute Gasteiger partial charge is 0.282 e. The molecule has 0 aromatic carbocycles. The van der Waals surface area contributed by atoms with Gasteiger partial charge in [0, 0.05) is 21.1 Å². The summed E-state index contributed by atoms with van der Waals surface area (Å²) in [4.78, 5) is 0. The minimum atomic E-state index is -1.11. The second kappa shape index (κ2) is 5.87. The van der Waals surface area contributed by atoms with Crippen LogP contribution in [0.15, 0.2) is 12.7 Å². The standard InChI is InChI=1S/C13H22O6/c1-6-7-16-9-8(2)17-12-11(10(9)14-4)18-13(3,15-5)19-12/h6,8-12H,1,7H2,2-5H3/t8-,9-,10+,11+,12+,13-/m0/s1. The van der Waals surface area contributed by atoms with Gasteiger partial charge < -0.3 is 23.7 Å². The summed E-state index contributed by atoms with van der Waals surface area (Å²) in [7, 11) is 3.14. The number of fused-ring (bicyclic) bond motifs is 1. The van der Waals surface area contributed by atoms with E-state index in [4.69, 9.17) is 28.4 Å². The average Bonchev–Trinajstić information content (AvgIpc) is 2.72. The van der Waals surface area contributed by atoms with Crippen LogP contribution >= 0.6 is 0 Å². The molecule has 2 aliphatic heterocycles. The highest BCUT2D eigenvalue weighted by Gasteiger charge is 2.56. The van der Waals surface area contributed by atoms with Gasteiger partial charge >= 0.3 is 0 Å². The van der Waals surface area contributed by atoms with Crippen molar-refractivity contribution >= 4 is 0 Å². The number of methoxy groups -OCH3 is 2. The number of rotatable bonds is 5. The molecule has 2 saturated heterocycles. The fourth-order valence-corrected chi connectivity index (χ4v) is 2.45. The first-order valence-electron chi connectivity index (χ1n) is 6.36. The highest BCUT2D eigenvalue weighted by Crippen LogP contribution is 2.38. The van der Waals surface area contributed by atoms with Crippen molar-refractivity contribution in [1.29, 1.82) is 0 Å². The van der Waals surface area contributed by atoms with Crippen molar-refractivity contribution in [2.75, 3.05) is 20.8 Å². The molecule has 2 heterocycles. The van der Waals surface area contributed by atoms with E-state index in [2.05, 4.69) is 6.58 Å². The van der Waals surface area contributed by atoms with E-state index in [9.17, 15) is 0 Å². The van der Waals surface area contributed by atoms with E-state index >= 15 is 0 Å². The van der Waals surface area contributed by atoms with E-state index in [1.807, 2.05) is 6.92 Å². The van der Waals surface area contributed by atoms with Gasteiger partial charge in [-0.3, -0.25) is 4.74 Å². The zero-order valence-electron chi connectivity index (χ0n) is 11.8. The zero-order chi connectivity index (χ0) is 14.0. The van der Waals surface area contributed by atoms with Crippen LogP contribution in [0, 0.1) is 0 Å². The van der Waals surface area contributed by atoms with Crippen molar-refractivity contribution in [2.24, 2.45) is 0 Å². The lowest BCUT2D eigenvalue weighted by atomic mass is 9.99. The van der Waals surface area contributed by atoms with Crippen LogP contribution in [0.2, 0.25) is 0 Å². The number of hydrogen-bond donors (Lipinski definition) is 0. The van der Waals surface area contributed by atoms with E-state index in [0.29, 0.717) is 6.61 Å². The molecule has 0 aliphatic carbocycles. The third kappa shape index (κ3) is 2.84. The summed E-state index contributed by atoms with van der Waals surface area (Å²) in [6.45, 7) is 7.69.